The molecule has 3 N–H and O–H groups in total. The van der Waals surface area contributed by atoms with E-state index < -0.39 is 12.0 Å². The third-order valence-electron chi connectivity index (χ3n) is 2.76. The SMILES string of the molecule is O=C(NCCc1ccsc1)Nc1cccc(Cl)c1C(=O)O. The summed E-state index contributed by atoms with van der Waals surface area (Å²) in [6, 6.07) is 6.06. The lowest BCUT2D eigenvalue weighted by Gasteiger charge is -2.10. The second kappa shape index (κ2) is 7.10. The Morgan fingerprint density at radius 3 is 2.76 bits per heavy atom. The van der Waals surface area contributed by atoms with Crippen LogP contribution in [-0.2, 0) is 6.42 Å². The van der Waals surface area contributed by atoms with Crippen molar-refractivity contribution >= 4 is 40.6 Å². The van der Waals surface area contributed by atoms with E-state index in [1.165, 1.54) is 12.1 Å². The topological polar surface area (TPSA) is 78.4 Å². The van der Waals surface area contributed by atoms with Crippen LogP contribution in [0.2, 0.25) is 5.02 Å². The summed E-state index contributed by atoms with van der Waals surface area (Å²) in [5, 5.41) is 18.3. The minimum absolute atomic E-state index is 0.0820. The second-order valence-corrected chi connectivity index (χ2v) is 5.42. The molecular weight excluding hydrogens is 312 g/mol. The molecule has 0 spiro atoms. The Hall–Kier alpha value is -2.05. The molecule has 21 heavy (non-hydrogen) atoms. The number of thiophene rings is 1. The summed E-state index contributed by atoms with van der Waals surface area (Å²) < 4.78 is 0. The molecule has 1 aromatic heterocycles. The largest absolute Gasteiger partial charge is 0.478 e. The van der Waals surface area contributed by atoms with E-state index in [-0.39, 0.29) is 16.3 Å². The molecule has 0 radical (unpaired) electrons. The molecule has 0 aliphatic carbocycles. The molecule has 1 heterocycles. The van der Waals surface area contributed by atoms with Gasteiger partial charge in [0.25, 0.3) is 0 Å². The zero-order valence-corrected chi connectivity index (χ0v) is 12.5. The number of anilines is 1. The monoisotopic (exact) mass is 324 g/mol. The molecule has 7 heteroatoms. The minimum Gasteiger partial charge on any atom is -0.478 e. The highest BCUT2D eigenvalue weighted by Gasteiger charge is 2.15. The number of benzene rings is 1. The van der Waals surface area contributed by atoms with Crippen molar-refractivity contribution in [2.45, 2.75) is 6.42 Å². The third kappa shape index (κ3) is 4.21. The van der Waals surface area contributed by atoms with Gasteiger partial charge in [-0.25, -0.2) is 9.59 Å². The number of aromatic carboxylic acids is 1. The molecule has 1 aromatic carbocycles. The first-order valence-electron chi connectivity index (χ1n) is 6.15. The normalized spacial score (nSPS) is 10.1. The third-order valence-corrected chi connectivity index (χ3v) is 3.80. The van der Waals surface area contributed by atoms with Crippen LogP contribution in [-0.4, -0.2) is 23.7 Å². The summed E-state index contributed by atoms with van der Waals surface area (Å²) in [6.07, 6.45) is 0.720. The predicted molar refractivity (Wildman–Crippen MR) is 83.5 cm³/mol. The number of hydrogen-bond donors (Lipinski definition) is 3. The maximum absolute atomic E-state index is 11.8. The first kappa shape index (κ1) is 15.3. The number of carboxylic acids is 1. The molecule has 110 valence electrons. The fourth-order valence-electron chi connectivity index (χ4n) is 1.77. The molecule has 5 nitrogen and oxygen atoms in total. The summed E-state index contributed by atoms with van der Waals surface area (Å²) in [5.41, 5.74) is 1.20. The molecule has 0 aliphatic heterocycles. The highest BCUT2D eigenvalue weighted by Crippen LogP contribution is 2.24. The van der Waals surface area contributed by atoms with Crippen LogP contribution >= 0.6 is 22.9 Å². The van der Waals surface area contributed by atoms with E-state index >= 15 is 0 Å². The Bertz CT molecular complexity index is 644. The van der Waals surface area contributed by atoms with Crippen molar-refractivity contribution in [3.8, 4) is 0 Å². The van der Waals surface area contributed by atoms with Crippen molar-refractivity contribution in [3.63, 3.8) is 0 Å². The van der Waals surface area contributed by atoms with Gasteiger partial charge in [-0.15, -0.1) is 0 Å². The van der Waals surface area contributed by atoms with Crippen LogP contribution < -0.4 is 10.6 Å². The molecule has 2 amide bonds. The van der Waals surface area contributed by atoms with Gasteiger partial charge in [0.15, 0.2) is 0 Å². The van der Waals surface area contributed by atoms with Gasteiger partial charge < -0.3 is 15.7 Å². The van der Waals surface area contributed by atoms with Crippen molar-refractivity contribution in [2.24, 2.45) is 0 Å². The lowest BCUT2D eigenvalue weighted by Crippen LogP contribution is -2.31. The van der Waals surface area contributed by atoms with E-state index in [4.69, 9.17) is 16.7 Å². The average molecular weight is 325 g/mol. The van der Waals surface area contributed by atoms with Gasteiger partial charge in [0.05, 0.1) is 10.7 Å². The van der Waals surface area contributed by atoms with Crippen LogP contribution in [0.1, 0.15) is 15.9 Å². The van der Waals surface area contributed by atoms with E-state index in [0.717, 1.165) is 12.0 Å². The molecule has 2 aromatic rings. The van der Waals surface area contributed by atoms with Crippen molar-refractivity contribution in [1.82, 2.24) is 5.32 Å². The van der Waals surface area contributed by atoms with E-state index in [2.05, 4.69) is 10.6 Å². The zero-order valence-electron chi connectivity index (χ0n) is 10.9. The fourth-order valence-corrected chi connectivity index (χ4v) is 2.73. The van der Waals surface area contributed by atoms with Crippen molar-refractivity contribution in [1.29, 1.82) is 0 Å². The predicted octanol–water partition coefficient (Wildman–Crippen LogP) is 3.46. The van der Waals surface area contributed by atoms with Crippen LogP contribution in [0.15, 0.2) is 35.0 Å². The van der Waals surface area contributed by atoms with Crippen LogP contribution in [0.25, 0.3) is 0 Å². The lowest BCUT2D eigenvalue weighted by atomic mass is 10.2. The van der Waals surface area contributed by atoms with E-state index in [1.807, 2.05) is 16.8 Å². The minimum atomic E-state index is -1.19. The molecule has 0 saturated carbocycles. The maximum atomic E-state index is 11.8. The smallest absolute Gasteiger partial charge is 0.339 e. The standard InChI is InChI=1S/C14H13ClN2O3S/c15-10-2-1-3-11(12(10)13(18)19)17-14(20)16-6-4-9-5-7-21-8-9/h1-3,5,7-8H,4,6H2,(H,18,19)(H2,16,17,20). The van der Waals surface area contributed by atoms with Gasteiger partial charge in [0.1, 0.15) is 5.56 Å². The number of hydrogen-bond acceptors (Lipinski definition) is 3. The molecule has 0 bridgehead atoms. The number of halogens is 1. The van der Waals surface area contributed by atoms with Gasteiger partial charge in [0.2, 0.25) is 0 Å². The Balaban J connectivity index is 1.93. The molecule has 2 rings (SSSR count). The van der Waals surface area contributed by atoms with E-state index in [1.54, 1.807) is 17.4 Å². The number of carbonyl (C=O) groups is 2. The van der Waals surface area contributed by atoms with Gasteiger partial charge in [0, 0.05) is 6.54 Å². The Morgan fingerprint density at radius 1 is 1.29 bits per heavy atom. The van der Waals surface area contributed by atoms with Gasteiger partial charge >= 0.3 is 12.0 Å². The molecule has 0 saturated heterocycles. The van der Waals surface area contributed by atoms with Crippen LogP contribution in [0.4, 0.5) is 10.5 Å². The second-order valence-electron chi connectivity index (χ2n) is 4.23. The van der Waals surface area contributed by atoms with Gasteiger partial charge in [-0.1, -0.05) is 17.7 Å². The van der Waals surface area contributed by atoms with Gasteiger partial charge in [-0.3, -0.25) is 0 Å². The number of nitrogens with one attached hydrogen (secondary N) is 2. The Kier molecular flexibility index (Phi) is 5.19. The lowest BCUT2D eigenvalue weighted by molar-refractivity contribution is 0.0698. The molecule has 0 unspecified atom stereocenters. The summed E-state index contributed by atoms with van der Waals surface area (Å²) in [6.45, 7) is 0.464. The van der Waals surface area contributed by atoms with Gasteiger partial charge in [-0.2, -0.15) is 11.3 Å². The summed E-state index contributed by atoms with van der Waals surface area (Å²) in [4.78, 5) is 22.9. The summed E-state index contributed by atoms with van der Waals surface area (Å²) in [7, 11) is 0. The molecule has 0 aliphatic rings. The molecule has 0 fully saturated rings. The Labute approximate surface area is 130 Å². The van der Waals surface area contributed by atoms with Crippen LogP contribution in [0.5, 0.6) is 0 Å². The Morgan fingerprint density at radius 2 is 2.10 bits per heavy atom. The fraction of sp³-hybridized carbons (Fsp3) is 0.143. The number of carboxylic acid groups (broad SMARTS) is 1. The van der Waals surface area contributed by atoms with Gasteiger partial charge in [-0.05, 0) is 40.9 Å². The highest BCUT2D eigenvalue weighted by molar-refractivity contribution is 7.07. The first-order valence-corrected chi connectivity index (χ1v) is 7.47. The van der Waals surface area contributed by atoms with Crippen molar-refractivity contribution < 1.29 is 14.7 Å². The first-order chi connectivity index (χ1) is 10.1. The molecule has 0 atom stereocenters. The molecular formula is C14H13ClN2O3S. The zero-order chi connectivity index (χ0) is 15.2. The number of carbonyl (C=O) groups excluding carboxylic acids is 1. The van der Waals surface area contributed by atoms with Crippen molar-refractivity contribution in [2.75, 3.05) is 11.9 Å². The number of amides is 2. The number of urea groups is 1. The highest BCUT2D eigenvalue weighted by atomic mass is 35.5. The number of rotatable bonds is 5. The van der Waals surface area contributed by atoms with E-state index in [9.17, 15) is 9.59 Å². The van der Waals surface area contributed by atoms with Crippen LogP contribution in [0.3, 0.4) is 0 Å². The average Bonchev–Trinajstić information content (AvgIpc) is 2.91. The van der Waals surface area contributed by atoms with E-state index in [0.29, 0.717) is 6.54 Å². The quantitative estimate of drug-likeness (QED) is 0.788. The van der Waals surface area contributed by atoms with Crippen LogP contribution in [0, 0.1) is 0 Å². The summed E-state index contributed by atoms with van der Waals surface area (Å²) >= 11 is 7.43. The van der Waals surface area contributed by atoms with Crippen molar-refractivity contribution in [3.05, 3.63) is 51.2 Å². The maximum Gasteiger partial charge on any atom is 0.339 e. The summed E-state index contributed by atoms with van der Waals surface area (Å²) in [5.74, 6) is -1.19.